The predicted molar refractivity (Wildman–Crippen MR) is 90.4 cm³/mol. The van der Waals surface area contributed by atoms with E-state index in [-0.39, 0.29) is 12.7 Å². The van der Waals surface area contributed by atoms with Crippen molar-refractivity contribution >= 4 is 22.5 Å². The van der Waals surface area contributed by atoms with Crippen molar-refractivity contribution in [3.63, 3.8) is 0 Å². The van der Waals surface area contributed by atoms with Gasteiger partial charge in [0.2, 0.25) is 12.7 Å². The second kappa shape index (κ2) is 4.77. The molecule has 0 radical (unpaired) electrons. The van der Waals surface area contributed by atoms with Gasteiger partial charge in [-0.1, -0.05) is 12.1 Å². The summed E-state index contributed by atoms with van der Waals surface area (Å²) in [5.41, 5.74) is 2.36. The molecule has 1 fully saturated rings. The molecule has 1 aliphatic carbocycles. The number of hydrogen-bond donors (Lipinski definition) is 2. The van der Waals surface area contributed by atoms with Gasteiger partial charge < -0.3 is 19.8 Å². The first kappa shape index (κ1) is 13.5. The number of rotatable bonds is 3. The second-order valence-electron chi connectivity index (χ2n) is 6.38. The van der Waals surface area contributed by atoms with Gasteiger partial charge in [-0.15, -0.1) is 0 Å². The quantitative estimate of drug-likeness (QED) is 0.775. The van der Waals surface area contributed by atoms with Gasteiger partial charge in [-0.05, 0) is 54.1 Å². The Morgan fingerprint density at radius 3 is 2.79 bits per heavy atom. The monoisotopic (exact) mass is 320 g/mol. The minimum atomic E-state index is -0.453. The van der Waals surface area contributed by atoms with E-state index in [0.717, 1.165) is 46.5 Å². The molecule has 1 saturated carbocycles. The molecule has 0 unspecified atom stereocenters. The van der Waals surface area contributed by atoms with Crippen molar-refractivity contribution in [3.05, 3.63) is 54.2 Å². The smallest absolute Gasteiger partial charge is 0.235 e. The van der Waals surface area contributed by atoms with Crippen LogP contribution in [0, 0.1) is 0 Å². The average Bonchev–Trinajstić information content (AvgIpc) is 3.05. The number of ether oxygens (including phenoxy) is 2. The van der Waals surface area contributed by atoms with E-state index in [4.69, 9.17) is 9.47 Å². The van der Waals surface area contributed by atoms with Crippen LogP contribution in [0.1, 0.15) is 18.4 Å². The van der Waals surface area contributed by atoms with Gasteiger partial charge in [0.05, 0.1) is 5.41 Å². The highest BCUT2D eigenvalue weighted by Gasteiger charge is 2.51. The molecule has 24 heavy (non-hydrogen) atoms. The number of benzene rings is 2. The van der Waals surface area contributed by atoms with E-state index in [9.17, 15) is 4.79 Å². The van der Waals surface area contributed by atoms with Gasteiger partial charge in [-0.2, -0.15) is 0 Å². The molecule has 5 rings (SSSR count). The van der Waals surface area contributed by atoms with Crippen LogP contribution in [-0.2, 0) is 10.2 Å². The molecular formula is C19H16N2O3. The van der Waals surface area contributed by atoms with Crippen LogP contribution >= 0.6 is 0 Å². The van der Waals surface area contributed by atoms with E-state index in [2.05, 4.69) is 10.3 Å². The molecule has 0 bridgehead atoms. The fraction of sp³-hybridized carbons (Fsp3) is 0.211. The molecule has 0 saturated heterocycles. The van der Waals surface area contributed by atoms with E-state index in [1.807, 2.05) is 48.7 Å². The SMILES string of the molecule is O=C(Nc1ccc2cc[nH]c2c1)C1(c2ccc3c(c2)OCO3)CC1. The Morgan fingerprint density at radius 1 is 1.04 bits per heavy atom. The number of carbonyl (C=O) groups is 1. The van der Waals surface area contributed by atoms with E-state index >= 15 is 0 Å². The molecule has 3 aromatic rings. The van der Waals surface area contributed by atoms with Crippen LogP contribution in [0.4, 0.5) is 5.69 Å². The summed E-state index contributed by atoms with van der Waals surface area (Å²) < 4.78 is 10.8. The lowest BCUT2D eigenvalue weighted by Crippen LogP contribution is -2.27. The summed E-state index contributed by atoms with van der Waals surface area (Å²) in [7, 11) is 0. The Hall–Kier alpha value is -2.95. The number of H-pyrrole nitrogens is 1. The Balaban J connectivity index is 1.43. The standard InChI is InChI=1S/C19H16N2O3/c22-18(21-14-3-1-12-5-8-20-15(12)10-14)19(6-7-19)13-2-4-16-17(9-13)24-11-23-16/h1-5,8-10,20H,6-7,11H2,(H,21,22). The van der Waals surface area contributed by atoms with Crippen molar-refractivity contribution in [2.24, 2.45) is 0 Å². The van der Waals surface area contributed by atoms with E-state index < -0.39 is 5.41 Å². The molecule has 1 amide bonds. The van der Waals surface area contributed by atoms with Crippen molar-refractivity contribution in [1.82, 2.24) is 4.98 Å². The van der Waals surface area contributed by atoms with Crippen molar-refractivity contribution in [3.8, 4) is 11.5 Å². The molecule has 2 aromatic carbocycles. The van der Waals surface area contributed by atoms with Crippen molar-refractivity contribution in [2.75, 3.05) is 12.1 Å². The second-order valence-corrected chi connectivity index (χ2v) is 6.38. The molecule has 5 nitrogen and oxygen atoms in total. The summed E-state index contributed by atoms with van der Waals surface area (Å²) in [4.78, 5) is 16.0. The Bertz CT molecular complexity index is 956. The highest BCUT2D eigenvalue weighted by Crippen LogP contribution is 2.51. The van der Waals surface area contributed by atoms with Gasteiger partial charge in [-0.25, -0.2) is 0 Å². The fourth-order valence-electron chi connectivity index (χ4n) is 3.34. The summed E-state index contributed by atoms with van der Waals surface area (Å²) in [6.45, 7) is 0.244. The molecule has 120 valence electrons. The van der Waals surface area contributed by atoms with Gasteiger partial charge in [-0.3, -0.25) is 4.79 Å². The van der Waals surface area contributed by atoms with Crippen LogP contribution in [0.25, 0.3) is 10.9 Å². The van der Waals surface area contributed by atoms with Crippen molar-refractivity contribution < 1.29 is 14.3 Å². The minimum Gasteiger partial charge on any atom is -0.454 e. The first-order valence-electron chi connectivity index (χ1n) is 8.03. The molecular weight excluding hydrogens is 304 g/mol. The third-order valence-corrected chi connectivity index (χ3v) is 4.92. The number of nitrogens with one attached hydrogen (secondary N) is 2. The number of anilines is 1. The minimum absolute atomic E-state index is 0.0345. The van der Waals surface area contributed by atoms with Crippen LogP contribution in [0.5, 0.6) is 11.5 Å². The number of hydrogen-bond acceptors (Lipinski definition) is 3. The van der Waals surface area contributed by atoms with Gasteiger partial charge >= 0.3 is 0 Å². The van der Waals surface area contributed by atoms with E-state index in [0.29, 0.717) is 0 Å². The topological polar surface area (TPSA) is 63.4 Å². The molecule has 2 heterocycles. The molecule has 0 atom stereocenters. The molecule has 1 aliphatic heterocycles. The Labute approximate surface area is 138 Å². The lowest BCUT2D eigenvalue weighted by Gasteiger charge is -2.16. The first-order valence-corrected chi connectivity index (χ1v) is 8.03. The summed E-state index contributed by atoms with van der Waals surface area (Å²) >= 11 is 0. The maximum Gasteiger partial charge on any atom is 0.235 e. The first-order chi connectivity index (χ1) is 11.7. The molecule has 2 aliphatic rings. The van der Waals surface area contributed by atoms with Crippen LogP contribution in [-0.4, -0.2) is 17.7 Å². The van der Waals surface area contributed by atoms with Gasteiger partial charge in [0.25, 0.3) is 0 Å². The molecule has 0 spiro atoms. The highest BCUT2D eigenvalue weighted by atomic mass is 16.7. The van der Waals surface area contributed by atoms with Crippen LogP contribution in [0.2, 0.25) is 0 Å². The molecule has 5 heteroatoms. The van der Waals surface area contributed by atoms with Crippen LogP contribution in [0.3, 0.4) is 0 Å². The average molecular weight is 320 g/mol. The summed E-state index contributed by atoms with van der Waals surface area (Å²) in [5.74, 6) is 1.50. The van der Waals surface area contributed by atoms with E-state index in [1.165, 1.54) is 0 Å². The van der Waals surface area contributed by atoms with Gasteiger partial charge in [0, 0.05) is 17.4 Å². The lowest BCUT2D eigenvalue weighted by molar-refractivity contribution is -0.118. The van der Waals surface area contributed by atoms with Crippen molar-refractivity contribution in [1.29, 1.82) is 0 Å². The predicted octanol–water partition coefficient (Wildman–Crippen LogP) is 3.57. The molecule has 2 N–H and O–H groups in total. The summed E-state index contributed by atoms with van der Waals surface area (Å²) in [6.07, 6.45) is 3.59. The van der Waals surface area contributed by atoms with Gasteiger partial charge in [0.15, 0.2) is 11.5 Å². The van der Waals surface area contributed by atoms with Crippen molar-refractivity contribution in [2.45, 2.75) is 18.3 Å². The summed E-state index contributed by atoms with van der Waals surface area (Å²) in [5, 5.41) is 4.19. The molecule has 1 aromatic heterocycles. The van der Waals surface area contributed by atoms with E-state index in [1.54, 1.807) is 0 Å². The zero-order valence-corrected chi connectivity index (χ0v) is 13.0. The lowest BCUT2D eigenvalue weighted by atomic mass is 9.94. The van der Waals surface area contributed by atoms with Crippen LogP contribution in [0.15, 0.2) is 48.7 Å². The fourth-order valence-corrected chi connectivity index (χ4v) is 3.34. The highest BCUT2D eigenvalue weighted by molar-refractivity contribution is 6.02. The number of aromatic nitrogens is 1. The largest absolute Gasteiger partial charge is 0.454 e. The maximum atomic E-state index is 12.9. The van der Waals surface area contributed by atoms with Crippen LogP contribution < -0.4 is 14.8 Å². The number of aromatic amines is 1. The zero-order valence-electron chi connectivity index (χ0n) is 13.0. The number of fused-ring (bicyclic) bond motifs is 2. The zero-order chi connectivity index (χ0) is 16.1. The Kier molecular flexibility index (Phi) is 2.68. The number of amides is 1. The third kappa shape index (κ3) is 1.98. The Morgan fingerprint density at radius 2 is 1.92 bits per heavy atom. The normalized spacial score (nSPS) is 17.0. The third-order valence-electron chi connectivity index (χ3n) is 4.92. The van der Waals surface area contributed by atoms with Gasteiger partial charge in [0.1, 0.15) is 0 Å². The number of carbonyl (C=O) groups excluding carboxylic acids is 1. The maximum absolute atomic E-state index is 12.9. The summed E-state index contributed by atoms with van der Waals surface area (Å²) in [6, 6.07) is 13.7.